The molecule has 9 heteroatoms. The van der Waals surface area contributed by atoms with Gasteiger partial charge in [-0.15, -0.1) is 0 Å². The number of thioether (sulfide) groups is 1. The molecule has 3 rings (SSSR count). The molecule has 2 atom stereocenters. The van der Waals surface area contributed by atoms with Gasteiger partial charge in [-0.1, -0.05) is 23.9 Å². The predicted molar refractivity (Wildman–Crippen MR) is 98.1 cm³/mol. The van der Waals surface area contributed by atoms with Gasteiger partial charge in [0.2, 0.25) is 0 Å². The van der Waals surface area contributed by atoms with Gasteiger partial charge in [0.15, 0.2) is 10.9 Å². The van der Waals surface area contributed by atoms with Crippen molar-refractivity contribution in [2.75, 3.05) is 12.4 Å². The third kappa shape index (κ3) is 3.83. The summed E-state index contributed by atoms with van der Waals surface area (Å²) < 4.78 is 11.2. The Bertz CT molecular complexity index is 761. The molecule has 2 unspecified atom stereocenters. The van der Waals surface area contributed by atoms with Crippen LogP contribution in [0.1, 0.15) is 32.8 Å². The maximum atomic E-state index is 12.0. The van der Waals surface area contributed by atoms with Crippen LogP contribution in [0.2, 0.25) is 0 Å². The Morgan fingerprint density at radius 3 is 2.96 bits per heavy atom. The molecule has 1 amide bonds. The summed E-state index contributed by atoms with van der Waals surface area (Å²) in [6.07, 6.45) is 0.216. The molecule has 2 heterocycles. The summed E-state index contributed by atoms with van der Waals surface area (Å²) in [5, 5.41) is 14.2. The van der Waals surface area contributed by atoms with Crippen LogP contribution in [0.15, 0.2) is 29.3 Å². The number of nitrogens with zero attached hydrogens (tertiary/aromatic N) is 2. The first-order valence-corrected chi connectivity index (χ1v) is 9.30. The molecule has 140 valence electrons. The molecule has 0 aliphatic carbocycles. The lowest BCUT2D eigenvalue weighted by molar-refractivity contribution is -0.385. The Morgan fingerprint density at radius 2 is 2.27 bits per heavy atom. The number of nitro benzene ring substituents is 1. The van der Waals surface area contributed by atoms with Crippen molar-refractivity contribution in [3.63, 3.8) is 0 Å². The quantitative estimate of drug-likeness (QED) is 0.624. The van der Waals surface area contributed by atoms with Crippen molar-refractivity contribution in [2.45, 2.75) is 38.5 Å². The van der Waals surface area contributed by atoms with Gasteiger partial charge in [-0.2, -0.15) is 0 Å². The highest BCUT2D eigenvalue weighted by atomic mass is 32.2. The highest BCUT2D eigenvalue weighted by Crippen LogP contribution is 2.47. The van der Waals surface area contributed by atoms with Crippen molar-refractivity contribution in [2.24, 2.45) is 10.9 Å². The lowest BCUT2D eigenvalue weighted by Gasteiger charge is -2.35. The number of rotatable bonds is 2. The van der Waals surface area contributed by atoms with Crippen molar-refractivity contribution in [1.29, 1.82) is 0 Å². The lowest BCUT2D eigenvalue weighted by Crippen LogP contribution is -2.42. The molecule has 0 aromatic heterocycles. The van der Waals surface area contributed by atoms with E-state index in [0.717, 1.165) is 6.42 Å². The molecular weight excluding hydrogens is 358 g/mol. The van der Waals surface area contributed by atoms with E-state index < -0.39 is 22.3 Å². The molecule has 1 N–H and O–H groups in total. The molecule has 1 fully saturated rings. The molecule has 0 radical (unpaired) electrons. The van der Waals surface area contributed by atoms with Crippen LogP contribution in [0.5, 0.6) is 0 Å². The molecule has 1 aromatic rings. The van der Waals surface area contributed by atoms with E-state index in [0.29, 0.717) is 23.1 Å². The Morgan fingerprint density at radius 1 is 1.50 bits per heavy atom. The van der Waals surface area contributed by atoms with Gasteiger partial charge >= 0.3 is 6.09 Å². The maximum Gasteiger partial charge on any atom is 0.413 e. The first-order chi connectivity index (χ1) is 12.2. The van der Waals surface area contributed by atoms with E-state index in [1.54, 1.807) is 32.9 Å². The molecule has 2 aliphatic rings. The second kappa shape index (κ2) is 6.88. The highest BCUT2D eigenvalue weighted by Gasteiger charge is 2.49. The van der Waals surface area contributed by atoms with E-state index in [1.165, 1.54) is 23.9 Å². The number of carbonyl (C=O) groups excluding carboxylic acids is 1. The molecule has 0 spiro atoms. The van der Waals surface area contributed by atoms with Gasteiger partial charge in [0.25, 0.3) is 5.69 Å². The predicted octanol–water partition coefficient (Wildman–Crippen LogP) is 3.41. The van der Waals surface area contributed by atoms with Gasteiger partial charge in [0.05, 0.1) is 11.5 Å². The van der Waals surface area contributed by atoms with Crippen LogP contribution in [0.25, 0.3) is 0 Å². The van der Waals surface area contributed by atoms with Crippen LogP contribution < -0.4 is 5.32 Å². The second-order valence-corrected chi connectivity index (χ2v) is 8.20. The third-order valence-electron chi connectivity index (χ3n) is 4.11. The number of hydrogen-bond donors (Lipinski definition) is 1. The average molecular weight is 379 g/mol. The minimum absolute atomic E-state index is 0.0128. The maximum absolute atomic E-state index is 12.0. The van der Waals surface area contributed by atoms with Crippen molar-refractivity contribution in [3.8, 4) is 0 Å². The van der Waals surface area contributed by atoms with E-state index in [-0.39, 0.29) is 11.6 Å². The first kappa shape index (κ1) is 18.7. The largest absolute Gasteiger partial charge is 0.444 e. The van der Waals surface area contributed by atoms with Gasteiger partial charge in [-0.05, 0) is 27.2 Å². The summed E-state index contributed by atoms with van der Waals surface area (Å²) in [6.45, 7) is 5.85. The third-order valence-corrected chi connectivity index (χ3v) is 5.14. The van der Waals surface area contributed by atoms with Gasteiger partial charge in [0, 0.05) is 29.4 Å². The number of ether oxygens (including phenoxy) is 2. The number of nitro groups is 1. The molecular formula is C17H21N3O5S. The van der Waals surface area contributed by atoms with E-state index >= 15 is 0 Å². The zero-order chi connectivity index (χ0) is 18.9. The summed E-state index contributed by atoms with van der Waals surface area (Å²) in [5.74, 6) is 0.774. The SMILES string of the molecule is CC(C)(C)OC(=O)NC1=NC2(c3cccc([N+](=O)[O-])c3)OCCC2CS1. The molecule has 1 saturated heterocycles. The Kier molecular flexibility index (Phi) is 4.94. The zero-order valence-electron chi connectivity index (χ0n) is 14.9. The number of alkyl carbamates (subject to hydrolysis) is 1. The van der Waals surface area contributed by atoms with Crippen LogP contribution >= 0.6 is 11.8 Å². The molecule has 1 aromatic carbocycles. The fourth-order valence-corrected chi connectivity index (χ4v) is 4.14. The highest BCUT2D eigenvalue weighted by molar-refractivity contribution is 8.13. The Labute approximate surface area is 155 Å². The van der Waals surface area contributed by atoms with Crippen molar-refractivity contribution in [3.05, 3.63) is 39.9 Å². The molecule has 0 saturated carbocycles. The van der Waals surface area contributed by atoms with E-state index in [9.17, 15) is 14.9 Å². The number of benzene rings is 1. The normalized spacial score (nSPS) is 25.2. The molecule has 8 nitrogen and oxygen atoms in total. The monoisotopic (exact) mass is 379 g/mol. The van der Waals surface area contributed by atoms with E-state index in [1.807, 2.05) is 0 Å². The summed E-state index contributed by atoms with van der Waals surface area (Å²) in [6, 6.07) is 6.32. The minimum Gasteiger partial charge on any atom is -0.444 e. The number of amides is 1. The number of hydrogen-bond acceptors (Lipinski definition) is 7. The topological polar surface area (TPSA) is 103 Å². The molecule has 0 bridgehead atoms. The molecule has 2 aliphatic heterocycles. The van der Waals surface area contributed by atoms with Crippen molar-refractivity contribution < 1.29 is 19.2 Å². The smallest absolute Gasteiger partial charge is 0.413 e. The van der Waals surface area contributed by atoms with Gasteiger partial charge in [-0.25, -0.2) is 9.79 Å². The Hall–Kier alpha value is -2.13. The van der Waals surface area contributed by atoms with Crippen LogP contribution in [0.4, 0.5) is 10.5 Å². The molecule has 26 heavy (non-hydrogen) atoms. The summed E-state index contributed by atoms with van der Waals surface area (Å²) in [4.78, 5) is 27.4. The minimum atomic E-state index is -1.01. The van der Waals surface area contributed by atoms with Gasteiger partial charge < -0.3 is 9.47 Å². The van der Waals surface area contributed by atoms with Gasteiger partial charge in [-0.3, -0.25) is 15.4 Å². The summed E-state index contributed by atoms with van der Waals surface area (Å²) in [7, 11) is 0. The standard InChI is InChI=1S/C17H21N3O5S/c1-16(2,3)25-15(21)18-14-19-17(12(10-26-14)7-8-24-17)11-5-4-6-13(9-11)20(22)23/h4-6,9,12H,7-8,10H2,1-3H3,(H,18,19,21). The number of fused-ring (bicyclic) bond motifs is 1. The lowest BCUT2D eigenvalue weighted by atomic mass is 9.90. The van der Waals surface area contributed by atoms with Crippen LogP contribution in [0, 0.1) is 16.0 Å². The number of non-ortho nitro benzene ring substituents is 1. The van der Waals surface area contributed by atoms with Crippen LogP contribution in [-0.4, -0.2) is 34.1 Å². The first-order valence-electron chi connectivity index (χ1n) is 8.31. The van der Waals surface area contributed by atoms with Crippen LogP contribution in [-0.2, 0) is 15.2 Å². The number of nitrogens with one attached hydrogen (secondary N) is 1. The number of aliphatic imine (C=N–C) groups is 1. The Balaban J connectivity index is 1.91. The number of carbonyl (C=O) groups is 1. The average Bonchev–Trinajstić information content (AvgIpc) is 2.97. The summed E-state index contributed by atoms with van der Waals surface area (Å²) >= 11 is 1.42. The van der Waals surface area contributed by atoms with Gasteiger partial charge in [0.1, 0.15) is 5.60 Å². The van der Waals surface area contributed by atoms with E-state index in [2.05, 4.69) is 10.3 Å². The fraction of sp³-hybridized carbons (Fsp3) is 0.529. The summed E-state index contributed by atoms with van der Waals surface area (Å²) in [5.41, 5.74) is -1.02. The number of amidine groups is 1. The zero-order valence-corrected chi connectivity index (χ0v) is 15.7. The van der Waals surface area contributed by atoms with Crippen molar-refractivity contribution >= 4 is 28.7 Å². The fourth-order valence-electron chi connectivity index (χ4n) is 3.03. The van der Waals surface area contributed by atoms with Crippen LogP contribution in [0.3, 0.4) is 0 Å². The van der Waals surface area contributed by atoms with Crippen molar-refractivity contribution in [1.82, 2.24) is 5.32 Å². The van der Waals surface area contributed by atoms with E-state index in [4.69, 9.17) is 9.47 Å². The second-order valence-electron chi connectivity index (χ2n) is 7.19.